The maximum absolute atomic E-state index is 12.0. The summed E-state index contributed by atoms with van der Waals surface area (Å²) in [4.78, 5) is 12.0. The number of anilines is 1. The van der Waals surface area contributed by atoms with Gasteiger partial charge in [0.15, 0.2) is 0 Å². The standard InChI is InChI=1S/C15H12N2O3/c1-10-6-7-12(20-10)8-11(9-16)15(19)17-13-4-2-3-5-14(13)18/h2-8,18H,1H3,(H,17,19)/b11-8-. The Morgan fingerprint density at radius 1 is 1.35 bits per heavy atom. The van der Waals surface area contributed by atoms with Crippen LogP contribution in [0.5, 0.6) is 5.75 Å². The largest absolute Gasteiger partial charge is 0.506 e. The van der Waals surface area contributed by atoms with Crippen molar-refractivity contribution in [2.24, 2.45) is 0 Å². The van der Waals surface area contributed by atoms with E-state index >= 15 is 0 Å². The van der Waals surface area contributed by atoms with Crippen LogP contribution in [0.15, 0.2) is 46.4 Å². The van der Waals surface area contributed by atoms with Gasteiger partial charge in [0.25, 0.3) is 5.91 Å². The van der Waals surface area contributed by atoms with Gasteiger partial charge in [-0.15, -0.1) is 0 Å². The van der Waals surface area contributed by atoms with Crippen LogP contribution < -0.4 is 5.32 Å². The van der Waals surface area contributed by atoms with E-state index in [1.54, 1.807) is 43.3 Å². The number of furan rings is 1. The van der Waals surface area contributed by atoms with E-state index in [1.807, 2.05) is 0 Å². The van der Waals surface area contributed by atoms with Crippen molar-refractivity contribution in [1.82, 2.24) is 0 Å². The Morgan fingerprint density at radius 2 is 2.10 bits per heavy atom. The molecule has 100 valence electrons. The van der Waals surface area contributed by atoms with Crippen LogP contribution in [-0.4, -0.2) is 11.0 Å². The molecule has 0 unspecified atom stereocenters. The number of rotatable bonds is 3. The minimum Gasteiger partial charge on any atom is -0.506 e. The molecule has 0 radical (unpaired) electrons. The molecule has 0 spiro atoms. The second-order valence-corrected chi connectivity index (χ2v) is 4.09. The lowest BCUT2D eigenvalue weighted by molar-refractivity contribution is -0.112. The van der Waals surface area contributed by atoms with Crippen LogP contribution in [0, 0.1) is 18.3 Å². The van der Waals surface area contributed by atoms with Crippen LogP contribution in [0.3, 0.4) is 0 Å². The maximum atomic E-state index is 12.0. The molecule has 0 bridgehead atoms. The maximum Gasteiger partial charge on any atom is 0.266 e. The van der Waals surface area contributed by atoms with Crippen LogP contribution in [0.2, 0.25) is 0 Å². The van der Waals surface area contributed by atoms with E-state index in [9.17, 15) is 9.90 Å². The van der Waals surface area contributed by atoms with Crippen LogP contribution >= 0.6 is 0 Å². The van der Waals surface area contributed by atoms with Crippen molar-refractivity contribution in [3.8, 4) is 11.8 Å². The van der Waals surface area contributed by atoms with Crippen LogP contribution in [0.25, 0.3) is 6.08 Å². The Hall–Kier alpha value is -3.00. The minimum atomic E-state index is -0.608. The first-order chi connectivity index (χ1) is 9.60. The van der Waals surface area contributed by atoms with Gasteiger partial charge in [0, 0.05) is 6.08 Å². The van der Waals surface area contributed by atoms with Gasteiger partial charge in [0.2, 0.25) is 0 Å². The van der Waals surface area contributed by atoms with Crippen LogP contribution in [-0.2, 0) is 4.79 Å². The number of nitrogens with one attached hydrogen (secondary N) is 1. The molecule has 0 fully saturated rings. The number of phenolic OH excluding ortho intramolecular Hbond substituents is 1. The minimum absolute atomic E-state index is 0.0630. The molecular formula is C15H12N2O3. The summed E-state index contributed by atoms with van der Waals surface area (Å²) in [6.07, 6.45) is 1.35. The topological polar surface area (TPSA) is 86.3 Å². The molecule has 0 aliphatic heterocycles. The van der Waals surface area contributed by atoms with Crippen molar-refractivity contribution in [1.29, 1.82) is 5.26 Å². The number of para-hydroxylation sites is 2. The number of benzene rings is 1. The molecule has 2 rings (SSSR count). The highest BCUT2D eigenvalue weighted by atomic mass is 16.3. The first-order valence-electron chi connectivity index (χ1n) is 5.87. The van der Waals surface area contributed by atoms with Gasteiger partial charge >= 0.3 is 0 Å². The third kappa shape index (κ3) is 3.06. The smallest absolute Gasteiger partial charge is 0.266 e. The van der Waals surface area contributed by atoms with Crippen molar-refractivity contribution in [3.63, 3.8) is 0 Å². The molecule has 0 saturated heterocycles. The Bertz CT molecular complexity index is 708. The summed E-state index contributed by atoms with van der Waals surface area (Å²) < 4.78 is 5.28. The summed E-state index contributed by atoms with van der Waals surface area (Å²) in [5.74, 6) is 0.441. The van der Waals surface area contributed by atoms with Crippen molar-refractivity contribution < 1.29 is 14.3 Å². The summed E-state index contributed by atoms with van der Waals surface area (Å²) in [6.45, 7) is 1.77. The highest BCUT2D eigenvalue weighted by Crippen LogP contribution is 2.22. The number of hydrogen-bond acceptors (Lipinski definition) is 4. The van der Waals surface area contributed by atoms with Gasteiger partial charge in [-0.3, -0.25) is 4.79 Å². The van der Waals surface area contributed by atoms with Gasteiger partial charge in [-0.1, -0.05) is 12.1 Å². The van der Waals surface area contributed by atoms with Gasteiger partial charge in [0.05, 0.1) is 5.69 Å². The fourth-order valence-electron chi connectivity index (χ4n) is 1.59. The number of nitriles is 1. The normalized spacial score (nSPS) is 10.9. The van der Waals surface area contributed by atoms with Gasteiger partial charge < -0.3 is 14.8 Å². The number of amides is 1. The van der Waals surface area contributed by atoms with E-state index in [2.05, 4.69) is 5.32 Å². The highest BCUT2D eigenvalue weighted by molar-refractivity contribution is 6.10. The molecule has 2 aromatic rings. The molecule has 5 nitrogen and oxygen atoms in total. The average Bonchev–Trinajstić information content (AvgIpc) is 2.84. The summed E-state index contributed by atoms with van der Waals surface area (Å²) in [6, 6.07) is 11.5. The Labute approximate surface area is 115 Å². The summed E-state index contributed by atoms with van der Waals surface area (Å²) in [7, 11) is 0. The zero-order valence-corrected chi connectivity index (χ0v) is 10.8. The number of nitrogens with zero attached hydrogens (tertiary/aromatic N) is 1. The van der Waals surface area contributed by atoms with Crippen LogP contribution in [0.4, 0.5) is 5.69 Å². The summed E-state index contributed by atoms with van der Waals surface area (Å²) in [5.41, 5.74) is 0.136. The second-order valence-electron chi connectivity index (χ2n) is 4.09. The summed E-state index contributed by atoms with van der Waals surface area (Å²) >= 11 is 0. The van der Waals surface area contributed by atoms with E-state index in [4.69, 9.17) is 9.68 Å². The predicted molar refractivity (Wildman–Crippen MR) is 73.8 cm³/mol. The zero-order valence-electron chi connectivity index (χ0n) is 10.8. The molecule has 0 saturated carbocycles. The SMILES string of the molecule is Cc1ccc(/C=C(/C#N)C(=O)Nc2ccccc2O)o1. The molecule has 5 heteroatoms. The molecule has 2 N–H and O–H groups in total. The van der Waals surface area contributed by atoms with Crippen molar-refractivity contribution >= 4 is 17.7 Å². The molecule has 1 aromatic heterocycles. The zero-order chi connectivity index (χ0) is 14.5. The molecule has 1 aromatic carbocycles. The van der Waals surface area contributed by atoms with Gasteiger partial charge in [-0.2, -0.15) is 5.26 Å². The summed E-state index contributed by atoms with van der Waals surface area (Å²) in [5, 5.41) is 21.1. The predicted octanol–water partition coefficient (Wildman–Crippen LogP) is 2.84. The molecule has 0 aliphatic carbocycles. The van der Waals surface area contributed by atoms with Crippen LogP contribution in [0.1, 0.15) is 11.5 Å². The Balaban J connectivity index is 2.21. The fourth-order valence-corrected chi connectivity index (χ4v) is 1.59. The van der Waals surface area contributed by atoms with E-state index in [1.165, 1.54) is 12.1 Å². The average molecular weight is 268 g/mol. The number of carbonyl (C=O) groups excluding carboxylic acids is 1. The number of phenols is 1. The van der Waals surface area contributed by atoms with E-state index in [0.29, 0.717) is 11.5 Å². The number of carbonyl (C=O) groups is 1. The Kier molecular flexibility index (Phi) is 3.87. The van der Waals surface area contributed by atoms with E-state index in [0.717, 1.165) is 0 Å². The monoisotopic (exact) mass is 268 g/mol. The third-order valence-electron chi connectivity index (χ3n) is 2.57. The van der Waals surface area contributed by atoms with Gasteiger partial charge in [-0.25, -0.2) is 0 Å². The molecule has 1 amide bonds. The quantitative estimate of drug-likeness (QED) is 0.509. The van der Waals surface area contributed by atoms with E-state index in [-0.39, 0.29) is 17.0 Å². The number of aromatic hydroxyl groups is 1. The van der Waals surface area contributed by atoms with Gasteiger partial charge in [-0.05, 0) is 31.2 Å². The van der Waals surface area contributed by atoms with Crippen molar-refractivity contribution in [3.05, 3.63) is 53.5 Å². The lowest BCUT2D eigenvalue weighted by Crippen LogP contribution is -2.13. The number of hydrogen-bond donors (Lipinski definition) is 2. The first kappa shape index (κ1) is 13.4. The van der Waals surface area contributed by atoms with Crippen molar-refractivity contribution in [2.75, 3.05) is 5.32 Å². The Morgan fingerprint density at radius 3 is 2.70 bits per heavy atom. The third-order valence-corrected chi connectivity index (χ3v) is 2.57. The highest BCUT2D eigenvalue weighted by Gasteiger charge is 2.12. The second kappa shape index (κ2) is 5.76. The lowest BCUT2D eigenvalue weighted by atomic mass is 10.2. The lowest BCUT2D eigenvalue weighted by Gasteiger charge is -2.05. The molecule has 0 aliphatic rings. The first-order valence-corrected chi connectivity index (χ1v) is 5.87. The van der Waals surface area contributed by atoms with E-state index < -0.39 is 5.91 Å². The fraction of sp³-hybridized carbons (Fsp3) is 0.0667. The van der Waals surface area contributed by atoms with Crippen molar-refractivity contribution in [2.45, 2.75) is 6.92 Å². The molecule has 0 atom stereocenters. The molecule has 1 heterocycles. The molecule has 20 heavy (non-hydrogen) atoms. The van der Waals surface area contributed by atoms with Gasteiger partial charge in [0.1, 0.15) is 28.9 Å². The molecular weight excluding hydrogens is 256 g/mol. The number of aryl methyl sites for hydroxylation is 1.